The maximum atomic E-state index is 13.0. The Hall–Kier alpha value is -2.14. The van der Waals surface area contributed by atoms with Crippen LogP contribution in [0.4, 0.5) is 4.39 Å². The first-order chi connectivity index (χ1) is 9.75. The highest BCUT2D eigenvalue weighted by atomic mass is 19.1. The quantitative estimate of drug-likeness (QED) is 0.763. The van der Waals surface area contributed by atoms with Crippen molar-refractivity contribution in [2.24, 2.45) is 0 Å². The molecule has 1 heterocycles. The smallest absolute Gasteiger partial charge is 0.251 e. The number of nitrogens with one attached hydrogen (secondary N) is 2. The highest BCUT2D eigenvalue weighted by molar-refractivity contribution is 5.94. The van der Waals surface area contributed by atoms with Crippen molar-refractivity contribution in [2.45, 2.75) is 13.0 Å². The van der Waals surface area contributed by atoms with Crippen molar-refractivity contribution >= 4 is 5.91 Å². The van der Waals surface area contributed by atoms with E-state index in [1.807, 2.05) is 12.1 Å². The summed E-state index contributed by atoms with van der Waals surface area (Å²) in [6.45, 7) is 1.98. The van der Waals surface area contributed by atoms with E-state index in [0.717, 1.165) is 18.7 Å². The van der Waals surface area contributed by atoms with E-state index < -0.39 is 5.82 Å². The zero-order valence-electron chi connectivity index (χ0n) is 11.1. The van der Waals surface area contributed by atoms with Crippen LogP contribution in [0.5, 0.6) is 0 Å². The van der Waals surface area contributed by atoms with Gasteiger partial charge in [-0.1, -0.05) is 6.07 Å². The van der Waals surface area contributed by atoms with Crippen LogP contribution >= 0.6 is 0 Å². The van der Waals surface area contributed by atoms with Crippen LogP contribution in [-0.4, -0.2) is 19.0 Å². The molecule has 0 spiro atoms. The van der Waals surface area contributed by atoms with Crippen molar-refractivity contribution in [3.05, 3.63) is 59.8 Å². The third-order valence-corrected chi connectivity index (χ3v) is 2.78. The van der Waals surface area contributed by atoms with Crippen LogP contribution in [0.25, 0.3) is 0 Å². The number of amides is 1. The third-order valence-electron chi connectivity index (χ3n) is 2.78. The average Bonchev–Trinajstić information content (AvgIpc) is 2.95. The molecule has 2 aromatic rings. The molecule has 4 nitrogen and oxygen atoms in total. The molecule has 0 saturated carbocycles. The molecule has 0 saturated heterocycles. The molecule has 20 heavy (non-hydrogen) atoms. The highest BCUT2D eigenvalue weighted by Crippen LogP contribution is 2.03. The summed E-state index contributed by atoms with van der Waals surface area (Å²) in [5.41, 5.74) is 0.341. The van der Waals surface area contributed by atoms with Crippen molar-refractivity contribution < 1.29 is 13.6 Å². The minimum absolute atomic E-state index is 0.254. The third kappa shape index (κ3) is 4.51. The molecule has 0 unspecified atom stereocenters. The predicted octanol–water partition coefficient (Wildman–Crippen LogP) is 2.33. The molecule has 0 bridgehead atoms. The Bertz CT molecular complexity index is 541. The molecule has 2 rings (SSSR count). The van der Waals surface area contributed by atoms with E-state index in [0.29, 0.717) is 18.7 Å². The van der Waals surface area contributed by atoms with Gasteiger partial charge in [-0.25, -0.2) is 4.39 Å². The first kappa shape index (κ1) is 14.3. The van der Waals surface area contributed by atoms with E-state index in [1.165, 1.54) is 18.2 Å². The van der Waals surface area contributed by atoms with Crippen LogP contribution < -0.4 is 10.6 Å². The monoisotopic (exact) mass is 276 g/mol. The lowest BCUT2D eigenvalue weighted by molar-refractivity contribution is 0.0952. The molecule has 106 valence electrons. The fraction of sp³-hybridized carbons (Fsp3) is 0.267. The molecule has 1 amide bonds. The van der Waals surface area contributed by atoms with Crippen LogP contribution in [0.3, 0.4) is 0 Å². The number of rotatable bonds is 7. The van der Waals surface area contributed by atoms with Crippen molar-refractivity contribution in [2.75, 3.05) is 13.1 Å². The van der Waals surface area contributed by atoms with Gasteiger partial charge in [0.05, 0.1) is 12.8 Å². The van der Waals surface area contributed by atoms with Gasteiger partial charge >= 0.3 is 0 Å². The van der Waals surface area contributed by atoms with Gasteiger partial charge in [0.25, 0.3) is 5.91 Å². The van der Waals surface area contributed by atoms with Crippen LogP contribution in [0.2, 0.25) is 0 Å². The summed E-state index contributed by atoms with van der Waals surface area (Å²) < 4.78 is 18.1. The van der Waals surface area contributed by atoms with E-state index in [1.54, 1.807) is 12.3 Å². The zero-order chi connectivity index (χ0) is 14.2. The first-order valence-electron chi connectivity index (χ1n) is 6.52. The SMILES string of the molecule is O=C(NCCCNCc1ccco1)c1cccc(F)c1. The maximum absolute atomic E-state index is 13.0. The van der Waals surface area contributed by atoms with Gasteiger partial charge < -0.3 is 15.1 Å². The van der Waals surface area contributed by atoms with E-state index in [2.05, 4.69) is 10.6 Å². The number of carbonyl (C=O) groups is 1. The van der Waals surface area contributed by atoms with Gasteiger partial charge in [-0.15, -0.1) is 0 Å². The predicted molar refractivity (Wildman–Crippen MR) is 73.8 cm³/mol. The van der Waals surface area contributed by atoms with Gasteiger partial charge in [-0.3, -0.25) is 4.79 Å². The lowest BCUT2D eigenvalue weighted by atomic mass is 10.2. The van der Waals surface area contributed by atoms with E-state index in [4.69, 9.17) is 4.42 Å². The Morgan fingerprint density at radius 3 is 2.85 bits per heavy atom. The number of furan rings is 1. The molecular formula is C15H17FN2O2. The summed E-state index contributed by atoms with van der Waals surface area (Å²) in [5.74, 6) is 0.224. The number of carbonyl (C=O) groups excluding carboxylic acids is 1. The summed E-state index contributed by atoms with van der Waals surface area (Å²) in [6.07, 6.45) is 2.43. The highest BCUT2D eigenvalue weighted by Gasteiger charge is 2.05. The lowest BCUT2D eigenvalue weighted by Gasteiger charge is -2.06. The fourth-order valence-electron chi connectivity index (χ4n) is 1.77. The van der Waals surface area contributed by atoms with E-state index >= 15 is 0 Å². The summed E-state index contributed by atoms with van der Waals surface area (Å²) in [5, 5.41) is 5.96. The van der Waals surface area contributed by atoms with E-state index in [-0.39, 0.29) is 5.91 Å². The molecule has 0 aliphatic carbocycles. The van der Waals surface area contributed by atoms with Crippen molar-refractivity contribution in [3.8, 4) is 0 Å². The average molecular weight is 276 g/mol. The molecule has 0 aliphatic heterocycles. The molecule has 0 radical (unpaired) electrons. The van der Waals surface area contributed by atoms with Crippen molar-refractivity contribution in [1.82, 2.24) is 10.6 Å². The molecular weight excluding hydrogens is 259 g/mol. The second kappa shape index (κ2) is 7.45. The number of hydrogen-bond acceptors (Lipinski definition) is 3. The molecule has 0 atom stereocenters. The van der Waals surface area contributed by atoms with Gasteiger partial charge in [-0.05, 0) is 43.3 Å². The molecule has 1 aromatic carbocycles. The topological polar surface area (TPSA) is 54.3 Å². The van der Waals surface area contributed by atoms with Crippen LogP contribution in [0, 0.1) is 5.82 Å². The first-order valence-corrected chi connectivity index (χ1v) is 6.52. The molecule has 5 heteroatoms. The Morgan fingerprint density at radius 2 is 2.10 bits per heavy atom. The Labute approximate surface area is 117 Å². The lowest BCUT2D eigenvalue weighted by Crippen LogP contribution is -2.27. The normalized spacial score (nSPS) is 10.4. The Kier molecular flexibility index (Phi) is 5.32. The van der Waals surface area contributed by atoms with Gasteiger partial charge in [0.1, 0.15) is 11.6 Å². The Morgan fingerprint density at radius 1 is 1.20 bits per heavy atom. The van der Waals surface area contributed by atoms with Gasteiger partial charge in [-0.2, -0.15) is 0 Å². The van der Waals surface area contributed by atoms with Crippen LogP contribution in [0.1, 0.15) is 22.5 Å². The standard InChI is InChI=1S/C15H17FN2O2/c16-13-5-1-4-12(10-13)15(19)18-8-3-7-17-11-14-6-2-9-20-14/h1-2,4-6,9-10,17H,3,7-8,11H2,(H,18,19). The van der Waals surface area contributed by atoms with Crippen molar-refractivity contribution in [3.63, 3.8) is 0 Å². The molecule has 2 N–H and O–H groups in total. The van der Waals surface area contributed by atoms with Crippen molar-refractivity contribution in [1.29, 1.82) is 0 Å². The summed E-state index contributed by atoms with van der Waals surface area (Å²) in [7, 11) is 0. The summed E-state index contributed by atoms with van der Waals surface area (Å²) in [4.78, 5) is 11.7. The largest absolute Gasteiger partial charge is 0.468 e. The minimum atomic E-state index is -0.405. The fourth-order valence-corrected chi connectivity index (χ4v) is 1.77. The molecule has 0 fully saturated rings. The summed E-state index contributed by atoms with van der Waals surface area (Å²) >= 11 is 0. The van der Waals surface area contributed by atoms with Gasteiger partial charge in [0, 0.05) is 12.1 Å². The van der Waals surface area contributed by atoms with Gasteiger partial charge in [0.15, 0.2) is 0 Å². The maximum Gasteiger partial charge on any atom is 0.251 e. The van der Waals surface area contributed by atoms with E-state index in [9.17, 15) is 9.18 Å². The second-order valence-electron chi connectivity index (χ2n) is 4.38. The van der Waals surface area contributed by atoms with Gasteiger partial charge in [0.2, 0.25) is 0 Å². The number of halogens is 1. The molecule has 0 aliphatic rings. The zero-order valence-corrected chi connectivity index (χ0v) is 11.1. The van der Waals surface area contributed by atoms with Crippen LogP contribution in [-0.2, 0) is 6.54 Å². The Balaban J connectivity index is 1.60. The minimum Gasteiger partial charge on any atom is -0.468 e. The number of benzene rings is 1. The second-order valence-corrected chi connectivity index (χ2v) is 4.38. The summed E-state index contributed by atoms with van der Waals surface area (Å²) in [6, 6.07) is 9.40. The van der Waals surface area contributed by atoms with Crippen LogP contribution in [0.15, 0.2) is 47.1 Å². The molecule has 1 aromatic heterocycles. The number of hydrogen-bond donors (Lipinski definition) is 2.